The number of hydrogen-bond donors (Lipinski definition) is 2. The molecule has 0 unspecified atom stereocenters. The van der Waals surface area contributed by atoms with Crippen LogP contribution in [0.2, 0.25) is 0 Å². The number of benzene rings is 1. The van der Waals surface area contributed by atoms with E-state index in [1.165, 1.54) is 19.2 Å². The molecule has 12 heavy (non-hydrogen) atoms. The van der Waals surface area contributed by atoms with Crippen molar-refractivity contribution in [3.63, 3.8) is 0 Å². The summed E-state index contributed by atoms with van der Waals surface area (Å²) in [6.07, 6.45) is 0. The van der Waals surface area contributed by atoms with Gasteiger partial charge in [0, 0.05) is 18.2 Å². The van der Waals surface area contributed by atoms with Crippen LogP contribution in [-0.4, -0.2) is 7.11 Å². The standard InChI is InChI=1S/C8H11FN2O/c1-12-8-4-7(9)3-2-6(8)5-11-10/h2-4,11H,5,10H2,1H3. The van der Waals surface area contributed by atoms with E-state index in [1.807, 2.05) is 0 Å². The van der Waals surface area contributed by atoms with Crippen molar-refractivity contribution in [2.45, 2.75) is 6.54 Å². The molecule has 0 aromatic heterocycles. The van der Waals surface area contributed by atoms with Gasteiger partial charge in [0.05, 0.1) is 7.11 Å². The highest BCUT2D eigenvalue weighted by molar-refractivity contribution is 5.33. The average molecular weight is 170 g/mol. The first-order valence-corrected chi connectivity index (χ1v) is 3.54. The lowest BCUT2D eigenvalue weighted by atomic mass is 10.2. The van der Waals surface area contributed by atoms with Crippen LogP contribution in [0.4, 0.5) is 4.39 Å². The van der Waals surface area contributed by atoms with Crippen LogP contribution in [0.1, 0.15) is 5.56 Å². The zero-order valence-corrected chi connectivity index (χ0v) is 6.80. The Morgan fingerprint density at radius 1 is 1.58 bits per heavy atom. The van der Waals surface area contributed by atoms with Gasteiger partial charge in [0.1, 0.15) is 11.6 Å². The van der Waals surface area contributed by atoms with E-state index in [-0.39, 0.29) is 5.82 Å². The molecular formula is C8H11FN2O. The molecule has 0 aliphatic heterocycles. The average Bonchev–Trinajstić information content (AvgIpc) is 2.08. The summed E-state index contributed by atoms with van der Waals surface area (Å²) in [7, 11) is 1.49. The van der Waals surface area contributed by atoms with Crippen molar-refractivity contribution >= 4 is 0 Å². The third-order valence-electron chi connectivity index (χ3n) is 1.54. The number of nitrogens with one attached hydrogen (secondary N) is 1. The quantitative estimate of drug-likeness (QED) is 0.521. The van der Waals surface area contributed by atoms with Crippen LogP contribution in [-0.2, 0) is 6.54 Å². The van der Waals surface area contributed by atoms with Crippen LogP contribution < -0.4 is 16.0 Å². The maximum Gasteiger partial charge on any atom is 0.126 e. The van der Waals surface area contributed by atoms with E-state index in [0.29, 0.717) is 12.3 Å². The minimum absolute atomic E-state index is 0.312. The molecule has 66 valence electrons. The summed E-state index contributed by atoms with van der Waals surface area (Å²) in [6, 6.07) is 4.33. The Labute approximate surface area is 70.3 Å². The largest absolute Gasteiger partial charge is 0.496 e. The van der Waals surface area contributed by atoms with Crippen molar-refractivity contribution in [2.24, 2.45) is 5.84 Å². The second kappa shape index (κ2) is 4.04. The molecule has 0 bridgehead atoms. The lowest BCUT2D eigenvalue weighted by Crippen LogP contribution is -2.21. The third kappa shape index (κ3) is 1.93. The molecule has 1 rings (SSSR count). The number of halogens is 1. The molecule has 0 aliphatic carbocycles. The Kier molecular flexibility index (Phi) is 3.01. The number of rotatable bonds is 3. The number of ether oxygens (including phenoxy) is 1. The van der Waals surface area contributed by atoms with E-state index in [1.54, 1.807) is 6.07 Å². The zero-order chi connectivity index (χ0) is 8.97. The molecule has 0 heterocycles. The minimum atomic E-state index is -0.312. The molecule has 4 heteroatoms. The molecule has 0 aliphatic rings. The third-order valence-corrected chi connectivity index (χ3v) is 1.54. The highest BCUT2D eigenvalue weighted by Gasteiger charge is 2.02. The van der Waals surface area contributed by atoms with Crippen LogP contribution >= 0.6 is 0 Å². The van der Waals surface area contributed by atoms with Crippen molar-refractivity contribution in [2.75, 3.05) is 7.11 Å². The topological polar surface area (TPSA) is 47.3 Å². The number of methoxy groups -OCH3 is 1. The maximum absolute atomic E-state index is 12.6. The van der Waals surface area contributed by atoms with E-state index in [2.05, 4.69) is 5.43 Å². The van der Waals surface area contributed by atoms with Crippen LogP contribution in [0.15, 0.2) is 18.2 Å². The Morgan fingerprint density at radius 3 is 2.92 bits per heavy atom. The molecule has 0 saturated carbocycles. The summed E-state index contributed by atoms with van der Waals surface area (Å²) < 4.78 is 17.6. The second-order valence-electron chi connectivity index (χ2n) is 2.34. The Morgan fingerprint density at radius 2 is 2.33 bits per heavy atom. The maximum atomic E-state index is 12.6. The predicted molar refractivity (Wildman–Crippen MR) is 44.0 cm³/mol. The highest BCUT2D eigenvalue weighted by Crippen LogP contribution is 2.18. The molecule has 0 amide bonds. The van der Waals surface area contributed by atoms with Gasteiger partial charge in [-0.1, -0.05) is 6.07 Å². The van der Waals surface area contributed by atoms with E-state index < -0.39 is 0 Å². The van der Waals surface area contributed by atoms with Gasteiger partial charge >= 0.3 is 0 Å². The summed E-state index contributed by atoms with van der Waals surface area (Å²) >= 11 is 0. The first-order chi connectivity index (χ1) is 5.77. The van der Waals surface area contributed by atoms with Crippen molar-refractivity contribution in [1.82, 2.24) is 5.43 Å². The molecule has 1 aromatic carbocycles. The van der Waals surface area contributed by atoms with Gasteiger partial charge in [-0.05, 0) is 6.07 Å². The number of hydrogen-bond acceptors (Lipinski definition) is 3. The molecule has 0 saturated heterocycles. The summed E-state index contributed by atoms with van der Waals surface area (Å²) in [4.78, 5) is 0. The Hall–Kier alpha value is -1.13. The molecule has 0 spiro atoms. The molecule has 0 fully saturated rings. The van der Waals surface area contributed by atoms with Crippen molar-refractivity contribution < 1.29 is 9.13 Å². The fourth-order valence-corrected chi connectivity index (χ4v) is 0.974. The fourth-order valence-electron chi connectivity index (χ4n) is 0.974. The van der Waals surface area contributed by atoms with Crippen LogP contribution in [0.5, 0.6) is 5.75 Å². The molecule has 0 atom stereocenters. The molecule has 3 N–H and O–H groups in total. The monoisotopic (exact) mass is 170 g/mol. The van der Waals surface area contributed by atoms with E-state index in [4.69, 9.17) is 10.6 Å². The lowest BCUT2D eigenvalue weighted by molar-refractivity contribution is 0.404. The van der Waals surface area contributed by atoms with E-state index >= 15 is 0 Å². The summed E-state index contributed by atoms with van der Waals surface area (Å²) in [5.41, 5.74) is 3.31. The summed E-state index contributed by atoms with van der Waals surface area (Å²) in [5, 5.41) is 0. The fraction of sp³-hybridized carbons (Fsp3) is 0.250. The summed E-state index contributed by atoms with van der Waals surface area (Å²) in [5.74, 6) is 5.32. The lowest BCUT2D eigenvalue weighted by Gasteiger charge is -2.06. The molecule has 1 aromatic rings. The molecule has 0 radical (unpaired) electrons. The number of nitrogens with two attached hydrogens (primary N) is 1. The van der Waals surface area contributed by atoms with Crippen LogP contribution in [0.3, 0.4) is 0 Å². The van der Waals surface area contributed by atoms with E-state index in [9.17, 15) is 4.39 Å². The SMILES string of the molecule is COc1cc(F)ccc1CNN. The Bertz CT molecular complexity index is 265. The summed E-state index contributed by atoms with van der Waals surface area (Å²) in [6.45, 7) is 0.462. The van der Waals surface area contributed by atoms with Crippen LogP contribution in [0.25, 0.3) is 0 Å². The van der Waals surface area contributed by atoms with Gasteiger partial charge in [0.25, 0.3) is 0 Å². The molecular weight excluding hydrogens is 159 g/mol. The van der Waals surface area contributed by atoms with Crippen molar-refractivity contribution in [3.05, 3.63) is 29.6 Å². The Balaban J connectivity index is 2.94. The normalized spacial score (nSPS) is 9.92. The van der Waals surface area contributed by atoms with Gasteiger partial charge in [-0.25, -0.2) is 4.39 Å². The predicted octanol–water partition coefficient (Wildman–Crippen LogP) is 0.798. The first-order valence-electron chi connectivity index (χ1n) is 3.54. The van der Waals surface area contributed by atoms with Gasteiger partial charge in [0.2, 0.25) is 0 Å². The van der Waals surface area contributed by atoms with Gasteiger partial charge < -0.3 is 4.74 Å². The van der Waals surface area contributed by atoms with Gasteiger partial charge in [0.15, 0.2) is 0 Å². The molecule has 3 nitrogen and oxygen atoms in total. The second-order valence-corrected chi connectivity index (χ2v) is 2.34. The van der Waals surface area contributed by atoms with Gasteiger partial charge in [-0.2, -0.15) is 0 Å². The van der Waals surface area contributed by atoms with Crippen LogP contribution in [0, 0.1) is 5.82 Å². The highest BCUT2D eigenvalue weighted by atomic mass is 19.1. The smallest absolute Gasteiger partial charge is 0.126 e. The minimum Gasteiger partial charge on any atom is -0.496 e. The number of hydrazine groups is 1. The van der Waals surface area contributed by atoms with E-state index in [0.717, 1.165) is 5.56 Å². The van der Waals surface area contributed by atoms with Gasteiger partial charge in [-0.15, -0.1) is 0 Å². The first kappa shape index (κ1) is 8.96. The van der Waals surface area contributed by atoms with Gasteiger partial charge in [-0.3, -0.25) is 11.3 Å². The van der Waals surface area contributed by atoms with Crippen molar-refractivity contribution in [1.29, 1.82) is 0 Å². The van der Waals surface area contributed by atoms with Crippen molar-refractivity contribution in [3.8, 4) is 5.75 Å². The zero-order valence-electron chi connectivity index (χ0n) is 6.80.